The Morgan fingerprint density at radius 3 is 2.62 bits per heavy atom. The number of carbonyl (C=O) groups is 2. The molecule has 0 saturated carbocycles. The van der Waals surface area contributed by atoms with Crippen LogP contribution in [0.25, 0.3) is 27.1 Å². The first kappa shape index (κ1) is 27.9. The summed E-state index contributed by atoms with van der Waals surface area (Å²) < 4.78 is 2.57. The molecule has 9 nitrogen and oxygen atoms in total. The van der Waals surface area contributed by atoms with E-state index in [9.17, 15) is 14.7 Å². The fourth-order valence-corrected chi connectivity index (χ4v) is 6.32. The summed E-state index contributed by atoms with van der Waals surface area (Å²) in [6.07, 6.45) is 2.12. The minimum atomic E-state index is -0.544. The standard InChI is InChI=1S/C30H25ClN6O3S2/c31-20-6-3-17(4-7-20)12-21(15-38)34-29(40)26-25(19-9-11-41-16-19)36-27-22(2-1-10-37(26)27)28(39)33-14-18-5-8-23-24(13-18)42-30(32)35-23/h1-11,13,16,21,38H,12,14-15H2,(H2,32,35)(H,33,39)(H,34,40)/t21-/m0/s1. The third-order valence-electron chi connectivity index (χ3n) is 6.78. The molecule has 0 unspecified atom stereocenters. The lowest BCUT2D eigenvalue weighted by molar-refractivity contribution is 0.0909. The van der Waals surface area contributed by atoms with E-state index in [-0.39, 0.29) is 18.2 Å². The molecule has 0 spiro atoms. The number of hydrogen-bond acceptors (Lipinski definition) is 8. The molecule has 4 heterocycles. The van der Waals surface area contributed by atoms with E-state index in [1.54, 1.807) is 34.9 Å². The van der Waals surface area contributed by atoms with E-state index in [1.165, 1.54) is 22.7 Å². The number of nitrogens with zero attached hydrogens (tertiary/aromatic N) is 3. The van der Waals surface area contributed by atoms with Crippen molar-refractivity contribution in [3.63, 3.8) is 0 Å². The van der Waals surface area contributed by atoms with Crippen molar-refractivity contribution in [3.8, 4) is 11.3 Å². The van der Waals surface area contributed by atoms with Crippen molar-refractivity contribution in [3.05, 3.63) is 105 Å². The number of halogens is 1. The van der Waals surface area contributed by atoms with Gasteiger partial charge in [0, 0.05) is 28.7 Å². The first-order chi connectivity index (χ1) is 20.4. The fraction of sp³-hybridized carbons (Fsp3) is 0.133. The van der Waals surface area contributed by atoms with Crippen molar-refractivity contribution in [2.75, 3.05) is 12.3 Å². The number of pyridine rings is 1. The number of fused-ring (bicyclic) bond motifs is 2. The van der Waals surface area contributed by atoms with Crippen LogP contribution in [0.4, 0.5) is 5.13 Å². The van der Waals surface area contributed by atoms with E-state index < -0.39 is 11.9 Å². The van der Waals surface area contributed by atoms with Crippen molar-refractivity contribution in [1.82, 2.24) is 25.0 Å². The molecular weight excluding hydrogens is 592 g/mol. The zero-order valence-corrected chi connectivity index (χ0v) is 24.5. The van der Waals surface area contributed by atoms with E-state index >= 15 is 0 Å². The number of nitrogen functional groups attached to an aromatic ring is 1. The Labute approximate surface area is 253 Å². The maximum absolute atomic E-state index is 13.7. The van der Waals surface area contributed by atoms with Gasteiger partial charge in [-0.1, -0.05) is 41.1 Å². The molecule has 2 aromatic carbocycles. The lowest BCUT2D eigenvalue weighted by Crippen LogP contribution is -2.39. The van der Waals surface area contributed by atoms with Crippen LogP contribution in [0.5, 0.6) is 0 Å². The van der Waals surface area contributed by atoms with Crippen LogP contribution >= 0.6 is 34.3 Å². The van der Waals surface area contributed by atoms with Crippen LogP contribution in [0.2, 0.25) is 5.02 Å². The molecule has 5 N–H and O–H groups in total. The van der Waals surface area contributed by atoms with Gasteiger partial charge in [-0.15, -0.1) is 0 Å². The summed E-state index contributed by atoms with van der Waals surface area (Å²) in [5.41, 5.74) is 10.6. The van der Waals surface area contributed by atoms with Crippen molar-refractivity contribution >= 4 is 67.1 Å². The van der Waals surface area contributed by atoms with Gasteiger partial charge >= 0.3 is 0 Å². The minimum Gasteiger partial charge on any atom is -0.394 e. The first-order valence-corrected chi connectivity index (χ1v) is 15.2. The largest absolute Gasteiger partial charge is 0.394 e. The molecule has 0 aliphatic heterocycles. The molecule has 212 valence electrons. The highest BCUT2D eigenvalue weighted by Crippen LogP contribution is 2.28. The summed E-state index contributed by atoms with van der Waals surface area (Å²) in [7, 11) is 0. The van der Waals surface area contributed by atoms with E-state index in [4.69, 9.17) is 22.3 Å². The molecular formula is C30H25ClN6O3S2. The zero-order chi connectivity index (χ0) is 29.2. The Morgan fingerprint density at radius 1 is 1.05 bits per heavy atom. The molecule has 0 aliphatic carbocycles. The van der Waals surface area contributed by atoms with Gasteiger partial charge in [0.25, 0.3) is 11.8 Å². The number of thiophene rings is 1. The second-order valence-electron chi connectivity index (χ2n) is 9.66. The number of rotatable bonds is 9. The SMILES string of the molecule is Nc1nc2ccc(CNC(=O)c3cccn4c(C(=O)N[C@H](CO)Cc5ccc(Cl)cc5)c(-c5ccsc5)nc34)cc2s1. The smallest absolute Gasteiger partial charge is 0.270 e. The highest BCUT2D eigenvalue weighted by Gasteiger charge is 2.25. The van der Waals surface area contributed by atoms with E-state index in [1.807, 2.05) is 47.2 Å². The molecule has 1 atom stereocenters. The molecule has 0 aliphatic rings. The molecule has 0 bridgehead atoms. The molecule has 6 aromatic rings. The molecule has 6 rings (SSSR count). The number of nitrogens with one attached hydrogen (secondary N) is 2. The number of aliphatic hydroxyl groups excluding tert-OH is 1. The van der Waals surface area contributed by atoms with Gasteiger partial charge in [-0.25, -0.2) is 9.97 Å². The maximum atomic E-state index is 13.7. The Bertz CT molecular complexity index is 1900. The number of anilines is 1. The van der Waals surface area contributed by atoms with Gasteiger partial charge in [0.15, 0.2) is 10.8 Å². The highest BCUT2D eigenvalue weighted by atomic mass is 35.5. The van der Waals surface area contributed by atoms with Crippen molar-refractivity contribution < 1.29 is 14.7 Å². The van der Waals surface area contributed by atoms with Crippen LogP contribution in [-0.4, -0.2) is 43.9 Å². The number of benzene rings is 2. The van der Waals surface area contributed by atoms with Crippen LogP contribution in [0.15, 0.2) is 77.6 Å². The van der Waals surface area contributed by atoms with Gasteiger partial charge < -0.3 is 21.5 Å². The number of imidazole rings is 1. The maximum Gasteiger partial charge on any atom is 0.270 e. The fourth-order valence-electron chi connectivity index (χ4n) is 4.76. The second kappa shape index (κ2) is 11.9. The summed E-state index contributed by atoms with van der Waals surface area (Å²) in [6.45, 7) is 0.0361. The van der Waals surface area contributed by atoms with Gasteiger partial charge in [0.2, 0.25) is 0 Å². The number of carbonyl (C=O) groups excluding carboxylic acids is 2. The topological polar surface area (TPSA) is 135 Å². The van der Waals surface area contributed by atoms with Gasteiger partial charge in [-0.2, -0.15) is 11.3 Å². The van der Waals surface area contributed by atoms with Crippen LogP contribution < -0.4 is 16.4 Å². The number of thiazole rings is 1. The van der Waals surface area contributed by atoms with E-state index in [0.29, 0.717) is 40.0 Å². The number of nitrogens with two attached hydrogens (primary N) is 1. The average molecular weight is 617 g/mol. The summed E-state index contributed by atoms with van der Waals surface area (Å²) >= 11 is 8.88. The van der Waals surface area contributed by atoms with Crippen LogP contribution in [0.3, 0.4) is 0 Å². The van der Waals surface area contributed by atoms with Crippen LogP contribution in [0, 0.1) is 0 Å². The summed E-state index contributed by atoms with van der Waals surface area (Å²) in [5.74, 6) is -0.735. The Hall–Kier alpha value is -4.29. The van der Waals surface area contributed by atoms with Crippen LogP contribution in [-0.2, 0) is 13.0 Å². The molecule has 0 fully saturated rings. The predicted molar refractivity (Wildman–Crippen MR) is 167 cm³/mol. The molecule has 0 radical (unpaired) electrons. The monoisotopic (exact) mass is 616 g/mol. The number of aromatic nitrogens is 3. The lowest BCUT2D eigenvalue weighted by atomic mass is 10.1. The molecule has 4 aromatic heterocycles. The Morgan fingerprint density at radius 2 is 1.86 bits per heavy atom. The van der Waals surface area contributed by atoms with Crippen molar-refractivity contribution in [2.45, 2.75) is 19.0 Å². The second-order valence-corrected chi connectivity index (χ2v) is 11.9. The molecule has 2 amide bonds. The third-order valence-corrected chi connectivity index (χ3v) is 8.56. The average Bonchev–Trinajstić information content (AvgIpc) is 3.74. The van der Waals surface area contributed by atoms with Gasteiger partial charge in [-0.3, -0.25) is 14.0 Å². The summed E-state index contributed by atoms with van der Waals surface area (Å²) in [6, 6.07) is 17.7. The summed E-state index contributed by atoms with van der Waals surface area (Å²) in [4.78, 5) is 36.2. The Balaban J connectivity index is 1.29. The van der Waals surface area contributed by atoms with E-state index in [2.05, 4.69) is 15.6 Å². The zero-order valence-electron chi connectivity index (χ0n) is 22.1. The highest BCUT2D eigenvalue weighted by molar-refractivity contribution is 7.22. The van der Waals surface area contributed by atoms with Crippen molar-refractivity contribution in [2.24, 2.45) is 0 Å². The lowest BCUT2D eigenvalue weighted by Gasteiger charge is -2.17. The third kappa shape index (κ3) is 5.72. The molecule has 0 saturated heterocycles. The predicted octanol–water partition coefficient (Wildman–Crippen LogP) is 5.17. The normalized spacial score (nSPS) is 12.0. The number of amides is 2. The minimum absolute atomic E-state index is 0.257. The molecule has 42 heavy (non-hydrogen) atoms. The van der Waals surface area contributed by atoms with Gasteiger partial charge in [0.1, 0.15) is 11.4 Å². The Kier molecular flexibility index (Phi) is 7.90. The van der Waals surface area contributed by atoms with Gasteiger partial charge in [0.05, 0.1) is 28.4 Å². The molecule has 12 heteroatoms. The summed E-state index contributed by atoms with van der Waals surface area (Å²) in [5, 5.41) is 20.9. The quantitative estimate of drug-likeness (QED) is 0.177. The van der Waals surface area contributed by atoms with Crippen molar-refractivity contribution in [1.29, 1.82) is 0 Å². The number of aliphatic hydroxyl groups is 1. The van der Waals surface area contributed by atoms with Gasteiger partial charge in [-0.05, 0) is 65.4 Å². The number of hydrogen-bond donors (Lipinski definition) is 4. The van der Waals surface area contributed by atoms with Crippen LogP contribution in [0.1, 0.15) is 32.0 Å². The first-order valence-electron chi connectivity index (χ1n) is 13.0. The van der Waals surface area contributed by atoms with E-state index in [0.717, 1.165) is 26.9 Å².